The Bertz CT molecular complexity index is 564. The molecule has 17 heavy (non-hydrogen) atoms. The molecule has 0 aliphatic carbocycles. The number of hydrogen-bond acceptors (Lipinski definition) is 4. The molecule has 0 saturated heterocycles. The molecule has 1 amide bonds. The summed E-state index contributed by atoms with van der Waals surface area (Å²) in [5.41, 5.74) is 1.59. The smallest absolute Gasteiger partial charge is 0.272 e. The predicted octanol–water partition coefficient (Wildman–Crippen LogP) is 0.179. The summed E-state index contributed by atoms with van der Waals surface area (Å²) in [5, 5.41) is 20.1. The maximum atomic E-state index is 11.8. The number of nitrogens with one attached hydrogen (secondary N) is 1. The van der Waals surface area contributed by atoms with E-state index in [4.69, 9.17) is 0 Å². The number of aliphatic hydroxyl groups excluding tert-OH is 1. The van der Waals surface area contributed by atoms with Gasteiger partial charge >= 0.3 is 0 Å². The molecule has 2 aromatic rings. The highest BCUT2D eigenvalue weighted by Gasteiger charge is 2.29. The van der Waals surface area contributed by atoms with Gasteiger partial charge in [0, 0.05) is 5.56 Å². The second kappa shape index (κ2) is 3.67. The Hall–Kier alpha value is -2.21. The van der Waals surface area contributed by atoms with Crippen LogP contribution in [0.2, 0.25) is 0 Å². The van der Waals surface area contributed by atoms with E-state index in [0.717, 1.165) is 5.56 Å². The molecule has 0 bridgehead atoms. The first kappa shape index (κ1) is 9.98. The van der Waals surface area contributed by atoms with E-state index in [1.165, 1.54) is 4.68 Å². The van der Waals surface area contributed by atoms with Gasteiger partial charge in [-0.2, -0.15) is 0 Å². The lowest BCUT2D eigenvalue weighted by atomic mass is 10.1. The largest absolute Gasteiger partial charge is 0.370 e. The van der Waals surface area contributed by atoms with E-state index in [0.29, 0.717) is 11.4 Å². The minimum Gasteiger partial charge on any atom is -0.370 e. The molecule has 1 atom stereocenters. The molecular formula is C11H10N4O2. The molecule has 1 aromatic carbocycles. The van der Waals surface area contributed by atoms with Gasteiger partial charge in [0.25, 0.3) is 5.91 Å². The van der Waals surface area contributed by atoms with E-state index in [9.17, 15) is 9.90 Å². The van der Waals surface area contributed by atoms with Crippen molar-refractivity contribution in [1.82, 2.24) is 20.3 Å². The number of rotatable bonds is 1. The van der Waals surface area contributed by atoms with E-state index in [-0.39, 0.29) is 12.5 Å². The first-order chi connectivity index (χ1) is 8.27. The fourth-order valence-electron chi connectivity index (χ4n) is 1.86. The molecule has 0 saturated carbocycles. The van der Waals surface area contributed by atoms with Gasteiger partial charge in [0.1, 0.15) is 5.69 Å². The Kier molecular flexibility index (Phi) is 2.15. The minimum absolute atomic E-state index is 0.156. The molecule has 3 rings (SSSR count). The zero-order valence-electron chi connectivity index (χ0n) is 8.87. The van der Waals surface area contributed by atoms with E-state index in [2.05, 4.69) is 15.6 Å². The maximum absolute atomic E-state index is 11.8. The molecule has 6 nitrogen and oxygen atoms in total. The lowest BCUT2D eigenvalue weighted by Crippen LogP contribution is -2.39. The van der Waals surface area contributed by atoms with Crippen LogP contribution in [0.25, 0.3) is 11.3 Å². The lowest BCUT2D eigenvalue weighted by molar-refractivity contribution is 0.0584. The Morgan fingerprint density at radius 2 is 2.12 bits per heavy atom. The van der Waals surface area contributed by atoms with Crippen molar-refractivity contribution < 1.29 is 9.90 Å². The molecule has 1 aliphatic rings. The Morgan fingerprint density at radius 3 is 2.88 bits per heavy atom. The van der Waals surface area contributed by atoms with Crippen molar-refractivity contribution in [3.8, 4) is 11.3 Å². The number of aliphatic hydroxyl groups is 1. The van der Waals surface area contributed by atoms with E-state index < -0.39 is 6.23 Å². The summed E-state index contributed by atoms with van der Waals surface area (Å²) < 4.78 is 1.25. The molecule has 0 unspecified atom stereocenters. The van der Waals surface area contributed by atoms with Crippen molar-refractivity contribution in [3.63, 3.8) is 0 Å². The SMILES string of the molecule is O=C1NC[C@@H](O)n2nnc(-c3ccccc3)c21. The molecule has 2 heterocycles. The van der Waals surface area contributed by atoms with Gasteiger partial charge in [0.05, 0.1) is 6.54 Å². The van der Waals surface area contributed by atoms with Gasteiger partial charge in [-0.15, -0.1) is 5.10 Å². The summed E-state index contributed by atoms with van der Waals surface area (Å²) in [6, 6.07) is 9.29. The number of nitrogens with zero attached hydrogens (tertiary/aromatic N) is 3. The fraction of sp³-hybridized carbons (Fsp3) is 0.182. The van der Waals surface area contributed by atoms with E-state index in [1.54, 1.807) is 0 Å². The molecule has 0 fully saturated rings. The van der Waals surface area contributed by atoms with Gasteiger partial charge < -0.3 is 10.4 Å². The second-order valence-corrected chi connectivity index (χ2v) is 3.79. The third-order valence-electron chi connectivity index (χ3n) is 2.68. The van der Waals surface area contributed by atoms with Crippen LogP contribution in [0, 0.1) is 0 Å². The highest BCUT2D eigenvalue weighted by atomic mass is 16.3. The molecule has 1 aromatic heterocycles. The van der Waals surface area contributed by atoms with Crippen LogP contribution in [0.15, 0.2) is 30.3 Å². The zero-order valence-corrected chi connectivity index (χ0v) is 8.87. The van der Waals surface area contributed by atoms with Gasteiger partial charge in [-0.05, 0) is 0 Å². The van der Waals surface area contributed by atoms with E-state index in [1.807, 2.05) is 30.3 Å². The number of carbonyl (C=O) groups is 1. The number of aromatic nitrogens is 3. The topological polar surface area (TPSA) is 80.0 Å². The first-order valence-corrected chi connectivity index (χ1v) is 5.24. The van der Waals surface area contributed by atoms with Crippen molar-refractivity contribution in [2.45, 2.75) is 6.23 Å². The van der Waals surface area contributed by atoms with Crippen LogP contribution in [0.4, 0.5) is 0 Å². The van der Waals surface area contributed by atoms with Gasteiger partial charge in [0.15, 0.2) is 11.9 Å². The summed E-state index contributed by atoms with van der Waals surface area (Å²) in [6.45, 7) is 0.156. The molecule has 86 valence electrons. The average molecular weight is 230 g/mol. The predicted molar refractivity (Wildman–Crippen MR) is 59.0 cm³/mol. The quantitative estimate of drug-likeness (QED) is 0.732. The monoisotopic (exact) mass is 230 g/mol. The van der Waals surface area contributed by atoms with Crippen molar-refractivity contribution in [3.05, 3.63) is 36.0 Å². The Morgan fingerprint density at radius 1 is 1.35 bits per heavy atom. The first-order valence-electron chi connectivity index (χ1n) is 5.24. The molecular weight excluding hydrogens is 220 g/mol. The molecule has 2 N–H and O–H groups in total. The summed E-state index contributed by atoms with van der Waals surface area (Å²) in [5.74, 6) is -0.265. The van der Waals surface area contributed by atoms with Crippen LogP contribution in [-0.2, 0) is 0 Å². The molecule has 0 spiro atoms. The van der Waals surface area contributed by atoms with Crippen LogP contribution < -0.4 is 5.32 Å². The van der Waals surface area contributed by atoms with Gasteiger partial charge in [0.2, 0.25) is 0 Å². The third-order valence-corrected chi connectivity index (χ3v) is 2.68. The summed E-state index contributed by atoms with van der Waals surface area (Å²) in [7, 11) is 0. The second-order valence-electron chi connectivity index (χ2n) is 3.79. The number of fused-ring (bicyclic) bond motifs is 1. The van der Waals surface area contributed by atoms with Gasteiger partial charge in [-0.3, -0.25) is 4.79 Å². The number of amides is 1. The Labute approximate surface area is 96.9 Å². The number of hydrogen-bond donors (Lipinski definition) is 2. The summed E-state index contributed by atoms with van der Waals surface area (Å²) in [6.07, 6.45) is -0.854. The highest BCUT2D eigenvalue weighted by Crippen LogP contribution is 2.24. The van der Waals surface area contributed by atoms with E-state index >= 15 is 0 Å². The molecule has 6 heteroatoms. The van der Waals surface area contributed by atoms with Crippen LogP contribution in [0.3, 0.4) is 0 Å². The zero-order chi connectivity index (χ0) is 11.8. The number of carbonyl (C=O) groups excluding carboxylic acids is 1. The average Bonchev–Trinajstić information content (AvgIpc) is 2.81. The fourth-order valence-corrected chi connectivity index (χ4v) is 1.86. The van der Waals surface area contributed by atoms with Crippen LogP contribution in [0.1, 0.15) is 16.7 Å². The van der Waals surface area contributed by atoms with Crippen molar-refractivity contribution in [2.75, 3.05) is 6.54 Å². The van der Waals surface area contributed by atoms with Crippen molar-refractivity contribution >= 4 is 5.91 Å². The number of β-amino-alcohol motifs (C(OH)–C–C–N with tert-alkyl or cyclic N) is 1. The normalized spacial score (nSPS) is 18.6. The van der Waals surface area contributed by atoms with Gasteiger partial charge in [-0.1, -0.05) is 35.5 Å². The Balaban J connectivity index is 2.17. The minimum atomic E-state index is -0.854. The number of benzene rings is 1. The van der Waals surface area contributed by atoms with Crippen molar-refractivity contribution in [1.29, 1.82) is 0 Å². The van der Waals surface area contributed by atoms with Crippen LogP contribution >= 0.6 is 0 Å². The molecule has 1 aliphatic heterocycles. The van der Waals surface area contributed by atoms with Crippen molar-refractivity contribution in [2.24, 2.45) is 0 Å². The van der Waals surface area contributed by atoms with Crippen LogP contribution in [0.5, 0.6) is 0 Å². The van der Waals surface area contributed by atoms with Crippen LogP contribution in [-0.4, -0.2) is 32.6 Å². The lowest BCUT2D eigenvalue weighted by Gasteiger charge is -2.19. The highest BCUT2D eigenvalue weighted by molar-refractivity contribution is 5.98. The summed E-state index contributed by atoms with van der Waals surface area (Å²) >= 11 is 0. The third kappa shape index (κ3) is 1.50. The summed E-state index contributed by atoms with van der Waals surface area (Å²) in [4.78, 5) is 11.8. The maximum Gasteiger partial charge on any atom is 0.272 e. The standard InChI is InChI=1S/C11H10N4O2/c16-8-6-12-11(17)10-9(13-14-15(8)10)7-4-2-1-3-5-7/h1-5,8,16H,6H2,(H,12,17)/t8-/m1/s1. The molecule has 0 radical (unpaired) electrons. The van der Waals surface area contributed by atoms with Gasteiger partial charge in [-0.25, -0.2) is 4.68 Å².